The molecule has 96 valence electrons. The average molecular weight is 367 g/mol. The fraction of sp³-hybridized carbons (Fsp3) is 0.500. The Balaban J connectivity index is 2.72. The van der Waals surface area contributed by atoms with Crippen molar-refractivity contribution in [3.05, 3.63) is 30.3 Å². The van der Waals surface area contributed by atoms with E-state index in [9.17, 15) is 10.2 Å². The summed E-state index contributed by atoms with van der Waals surface area (Å²) < 4.78 is 0. The highest BCUT2D eigenvalue weighted by molar-refractivity contribution is 9.09. The zero-order valence-corrected chi connectivity index (χ0v) is 12.6. The lowest BCUT2D eigenvalue weighted by atomic mass is 10.2. The summed E-state index contributed by atoms with van der Waals surface area (Å²) in [7, 11) is 0. The van der Waals surface area contributed by atoms with Gasteiger partial charge in [-0.1, -0.05) is 50.1 Å². The predicted octanol–water partition coefficient (Wildman–Crippen LogP) is 2.00. The SMILES string of the molecule is OC(CBr)CN(CC(O)CBr)c1ccccc1. The smallest absolute Gasteiger partial charge is 0.0811 e. The summed E-state index contributed by atoms with van der Waals surface area (Å²) in [6.07, 6.45) is -0.893. The van der Waals surface area contributed by atoms with Crippen molar-refractivity contribution in [3.63, 3.8) is 0 Å². The lowest BCUT2D eigenvalue weighted by molar-refractivity contribution is 0.184. The van der Waals surface area contributed by atoms with Crippen LogP contribution in [-0.2, 0) is 0 Å². The van der Waals surface area contributed by atoms with Gasteiger partial charge in [0.1, 0.15) is 0 Å². The van der Waals surface area contributed by atoms with Crippen LogP contribution in [0.2, 0.25) is 0 Å². The number of rotatable bonds is 7. The number of hydrogen-bond acceptors (Lipinski definition) is 3. The van der Waals surface area contributed by atoms with E-state index in [1.807, 2.05) is 35.2 Å². The molecule has 2 atom stereocenters. The summed E-state index contributed by atoms with van der Waals surface area (Å²) in [5.41, 5.74) is 1.01. The molecule has 0 aliphatic heterocycles. The molecular formula is C12H17Br2NO2. The molecule has 0 aliphatic rings. The molecule has 1 aromatic rings. The van der Waals surface area contributed by atoms with E-state index in [2.05, 4.69) is 31.9 Å². The van der Waals surface area contributed by atoms with Crippen molar-refractivity contribution in [1.82, 2.24) is 0 Å². The Bertz CT molecular complexity index is 299. The number of alkyl halides is 2. The van der Waals surface area contributed by atoms with E-state index in [0.717, 1.165) is 5.69 Å². The molecule has 0 aliphatic carbocycles. The molecule has 1 aromatic carbocycles. The second-order valence-electron chi connectivity index (χ2n) is 3.86. The van der Waals surface area contributed by atoms with Crippen LogP contribution in [0.4, 0.5) is 5.69 Å². The highest BCUT2D eigenvalue weighted by Gasteiger charge is 2.14. The summed E-state index contributed by atoms with van der Waals surface area (Å²) in [6, 6.07) is 9.79. The third-order valence-electron chi connectivity index (χ3n) is 2.34. The molecule has 0 spiro atoms. The van der Waals surface area contributed by atoms with Crippen molar-refractivity contribution in [2.75, 3.05) is 28.6 Å². The van der Waals surface area contributed by atoms with Crippen molar-refractivity contribution in [1.29, 1.82) is 0 Å². The predicted molar refractivity (Wildman–Crippen MR) is 78.3 cm³/mol. The zero-order chi connectivity index (χ0) is 12.7. The van der Waals surface area contributed by atoms with Gasteiger partial charge in [0.05, 0.1) is 12.2 Å². The van der Waals surface area contributed by atoms with Gasteiger partial charge in [0.25, 0.3) is 0 Å². The van der Waals surface area contributed by atoms with Crippen LogP contribution in [0.15, 0.2) is 30.3 Å². The lowest BCUT2D eigenvalue weighted by Gasteiger charge is -2.28. The highest BCUT2D eigenvalue weighted by Crippen LogP contribution is 2.15. The van der Waals surface area contributed by atoms with E-state index >= 15 is 0 Å². The molecule has 2 N–H and O–H groups in total. The van der Waals surface area contributed by atoms with Crippen LogP contribution in [0.3, 0.4) is 0 Å². The van der Waals surface area contributed by atoms with Gasteiger partial charge in [-0.05, 0) is 12.1 Å². The highest BCUT2D eigenvalue weighted by atomic mass is 79.9. The Morgan fingerprint density at radius 2 is 1.41 bits per heavy atom. The van der Waals surface area contributed by atoms with Crippen molar-refractivity contribution < 1.29 is 10.2 Å². The number of anilines is 1. The largest absolute Gasteiger partial charge is 0.390 e. The van der Waals surface area contributed by atoms with Gasteiger partial charge >= 0.3 is 0 Å². The summed E-state index contributed by atoms with van der Waals surface area (Å²) in [5, 5.41) is 20.4. The lowest BCUT2D eigenvalue weighted by Crippen LogP contribution is -2.39. The summed E-state index contributed by atoms with van der Waals surface area (Å²) in [5.74, 6) is 0. The first-order valence-corrected chi connectivity index (χ1v) is 7.69. The number of benzene rings is 1. The monoisotopic (exact) mass is 365 g/mol. The van der Waals surface area contributed by atoms with Crippen LogP contribution in [0.1, 0.15) is 0 Å². The third kappa shape index (κ3) is 5.38. The minimum atomic E-state index is -0.447. The van der Waals surface area contributed by atoms with Gasteiger partial charge in [-0.15, -0.1) is 0 Å². The second kappa shape index (κ2) is 8.08. The van der Waals surface area contributed by atoms with Crippen LogP contribution in [0.25, 0.3) is 0 Å². The molecule has 17 heavy (non-hydrogen) atoms. The molecule has 0 heterocycles. The molecule has 3 nitrogen and oxygen atoms in total. The van der Waals surface area contributed by atoms with E-state index < -0.39 is 12.2 Å². The van der Waals surface area contributed by atoms with E-state index in [-0.39, 0.29) is 0 Å². The zero-order valence-electron chi connectivity index (χ0n) is 9.47. The quantitative estimate of drug-likeness (QED) is 0.725. The van der Waals surface area contributed by atoms with Gasteiger partial charge in [-0.2, -0.15) is 0 Å². The van der Waals surface area contributed by atoms with E-state index in [4.69, 9.17) is 0 Å². The molecule has 0 bridgehead atoms. The summed E-state index contributed by atoms with van der Waals surface area (Å²) >= 11 is 6.50. The molecule has 1 rings (SSSR count). The van der Waals surface area contributed by atoms with Crippen LogP contribution in [0, 0.1) is 0 Å². The Morgan fingerprint density at radius 3 is 1.82 bits per heavy atom. The first kappa shape index (κ1) is 15.0. The van der Waals surface area contributed by atoms with Gasteiger partial charge in [0.2, 0.25) is 0 Å². The van der Waals surface area contributed by atoms with Gasteiger partial charge < -0.3 is 15.1 Å². The van der Waals surface area contributed by atoms with Crippen LogP contribution in [-0.4, -0.2) is 46.2 Å². The van der Waals surface area contributed by atoms with Gasteiger partial charge in [-0.25, -0.2) is 0 Å². The first-order chi connectivity index (χ1) is 8.17. The number of para-hydroxylation sites is 1. The molecule has 0 radical (unpaired) electrons. The van der Waals surface area contributed by atoms with Crippen molar-refractivity contribution >= 4 is 37.5 Å². The number of nitrogens with zero attached hydrogens (tertiary/aromatic N) is 1. The molecule has 0 aromatic heterocycles. The molecule has 0 fully saturated rings. The number of aliphatic hydroxyl groups excluding tert-OH is 2. The average Bonchev–Trinajstić information content (AvgIpc) is 2.38. The molecule has 2 unspecified atom stereocenters. The van der Waals surface area contributed by atoms with Crippen LogP contribution < -0.4 is 4.90 Å². The van der Waals surface area contributed by atoms with Crippen molar-refractivity contribution in [3.8, 4) is 0 Å². The number of hydrogen-bond donors (Lipinski definition) is 2. The van der Waals surface area contributed by atoms with Crippen molar-refractivity contribution in [2.24, 2.45) is 0 Å². The number of aliphatic hydroxyl groups is 2. The Labute approximate surface area is 119 Å². The third-order valence-corrected chi connectivity index (χ3v) is 3.83. The molecule has 0 saturated carbocycles. The minimum absolute atomic E-state index is 0.447. The topological polar surface area (TPSA) is 43.7 Å². The van der Waals surface area contributed by atoms with E-state index in [1.165, 1.54) is 0 Å². The fourth-order valence-corrected chi connectivity index (χ4v) is 1.94. The summed E-state index contributed by atoms with van der Waals surface area (Å²) in [4.78, 5) is 1.98. The minimum Gasteiger partial charge on any atom is -0.390 e. The second-order valence-corrected chi connectivity index (χ2v) is 5.15. The van der Waals surface area contributed by atoms with E-state index in [0.29, 0.717) is 23.7 Å². The fourth-order valence-electron chi connectivity index (χ4n) is 1.53. The van der Waals surface area contributed by atoms with Gasteiger partial charge in [0, 0.05) is 29.4 Å². The van der Waals surface area contributed by atoms with Gasteiger partial charge in [-0.3, -0.25) is 0 Å². The summed E-state index contributed by atoms with van der Waals surface area (Å²) in [6.45, 7) is 0.999. The standard InChI is InChI=1S/C12H17Br2NO2/c13-6-11(16)8-15(9-12(17)7-14)10-4-2-1-3-5-10/h1-5,11-12,16-17H,6-9H2. The van der Waals surface area contributed by atoms with E-state index in [1.54, 1.807) is 0 Å². The normalized spacial score (nSPS) is 14.4. The Morgan fingerprint density at radius 1 is 0.941 bits per heavy atom. The molecule has 0 amide bonds. The van der Waals surface area contributed by atoms with Crippen molar-refractivity contribution in [2.45, 2.75) is 12.2 Å². The maximum absolute atomic E-state index is 9.69. The molecule has 5 heteroatoms. The Kier molecular flexibility index (Phi) is 7.11. The maximum Gasteiger partial charge on any atom is 0.0811 e. The maximum atomic E-state index is 9.69. The molecular weight excluding hydrogens is 350 g/mol. The van der Waals surface area contributed by atoms with Crippen LogP contribution in [0.5, 0.6) is 0 Å². The first-order valence-electron chi connectivity index (χ1n) is 5.45. The number of halogens is 2. The van der Waals surface area contributed by atoms with Gasteiger partial charge in [0.15, 0.2) is 0 Å². The molecule has 0 saturated heterocycles. The Hall–Kier alpha value is -0.100. The van der Waals surface area contributed by atoms with Crippen LogP contribution >= 0.6 is 31.9 Å².